The number of amidine groups is 1. The first-order chi connectivity index (χ1) is 21.9. The summed E-state index contributed by atoms with van der Waals surface area (Å²) in [6.45, 7) is 7.81. The third-order valence-corrected chi connectivity index (χ3v) is 7.65. The van der Waals surface area contributed by atoms with E-state index in [1.807, 2.05) is 67.6 Å². The summed E-state index contributed by atoms with van der Waals surface area (Å²) < 4.78 is 11.0. The number of nitrogens with zero attached hydrogens (tertiary/aromatic N) is 2. The molecule has 0 radical (unpaired) electrons. The molecule has 9 heteroatoms. The summed E-state index contributed by atoms with van der Waals surface area (Å²) in [5.74, 6) is -0.625. The van der Waals surface area contributed by atoms with E-state index in [-0.39, 0.29) is 28.4 Å². The molecule has 230 valence electrons. The monoisotopic (exact) mass is 621 g/mol. The van der Waals surface area contributed by atoms with E-state index in [9.17, 15) is 14.4 Å². The molecule has 0 saturated heterocycles. The molecule has 0 saturated carbocycles. The predicted molar refractivity (Wildman–Crippen MR) is 180 cm³/mol. The molecule has 0 aromatic heterocycles. The van der Waals surface area contributed by atoms with E-state index in [1.54, 1.807) is 49.4 Å². The number of aliphatic imine (C=N–C) groups is 1. The highest BCUT2D eigenvalue weighted by Crippen LogP contribution is 2.31. The predicted octanol–water partition coefficient (Wildman–Crippen LogP) is 6.49. The second kappa shape index (κ2) is 16.1. The fourth-order valence-corrected chi connectivity index (χ4v) is 5.42. The topological polar surface area (TPSA) is 97.3 Å². The highest BCUT2D eigenvalue weighted by atomic mass is 32.2. The molecule has 3 amide bonds. The summed E-state index contributed by atoms with van der Waals surface area (Å²) in [4.78, 5) is 46.1. The Labute approximate surface area is 267 Å². The Bertz CT molecular complexity index is 1620. The Morgan fingerprint density at radius 1 is 1.02 bits per heavy atom. The van der Waals surface area contributed by atoms with Gasteiger partial charge in [0.1, 0.15) is 5.57 Å². The number of carbonyl (C=O) groups excluding carboxylic acids is 3. The zero-order valence-corrected chi connectivity index (χ0v) is 26.3. The van der Waals surface area contributed by atoms with Crippen LogP contribution in [0.1, 0.15) is 36.6 Å². The average Bonchev–Trinajstić information content (AvgIpc) is 3.07. The minimum atomic E-state index is -0.707. The summed E-state index contributed by atoms with van der Waals surface area (Å²) >= 11 is 1.01. The average molecular weight is 622 g/mol. The van der Waals surface area contributed by atoms with Gasteiger partial charge in [0.05, 0.1) is 25.5 Å². The van der Waals surface area contributed by atoms with Gasteiger partial charge in [0.15, 0.2) is 16.7 Å². The van der Waals surface area contributed by atoms with Crippen LogP contribution in [0.5, 0.6) is 11.5 Å². The van der Waals surface area contributed by atoms with Crippen LogP contribution in [0.25, 0.3) is 6.08 Å². The lowest BCUT2D eigenvalue weighted by atomic mass is 9.99. The number of nitrogens with one attached hydrogen (secondary N) is 1. The molecule has 1 aliphatic heterocycles. The van der Waals surface area contributed by atoms with Gasteiger partial charge in [-0.1, -0.05) is 103 Å². The number of thioether (sulfide) groups is 1. The van der Waals surface area contributed by atoms with Crippen LogP contribution < -0.4 is 14.8 Å². The van der Waals surface area contributed by atoms with E-state index in [1.165, 1.54) is 18.1 Å². The van der Waals surface area contributed by atoms with Gasteiger partial charge < -0.3 is 14.8 Å². The van der Waals surface area contributed by atoms with E-state index in [0.717, 1.165) is 22.9 Å². The quantitative estimate of drug-likeness (QED) is 0.141. The molecule has 45 heavy (non-hydrogen) atoms. The minimum absolute atomic E-state index is 0.0800. The summed E-state index contributed by atoms with van der Waals surface area (Å²) in [5.41, 5.74) is 2.76. The standard InChI is InChI=1S/C36H35N3O5S/c1-5-8-19-28(6-2)39-35(42)29(22-25-20-21-30(44-7-3)31(23-25)43-4)34(41)38-36(39)45-24-32(40)37-33(26-15-11-9-12-16-26)27-17-13-10-14-18-27/h5-6,8-23,33H,1,7,24H2,2-4H3,(H,37,40)/b19-8-,28-6+,29-22+. The number of hydrogen-bond donors (Lipinski definition) is 1. The summed E-state index contributed by atoms with van der Waals surface area (Å²) in [5, 5.41) is 3.19. The number of amides is 3. The molecular formula is C36H35N3O5S. The molecular weight excluding hydrogens is 586 g/mol. The second-order valence-corrected chi connectivity index (χ2v) is 10.6. The maximum absolute atomic E-state index is 13.9. The lowest BCUT2D eigenvalue weighted by Gasteiger charge is -2.28. The van der Waals surface area contributed by atoms with Crippen LogP contribution in [0, 0.1) is 0 Å². The number of methoxy groups -OCH3 is 1. The number of carbonyl (C=O) groups is 3. The summed E-state index contributed by atoms with van der Waals surface area (Å²) in [6.07, 6.45) is 8.15. The van der Waals surface area contributed by atoms with E-state index in [4.69, 9.17) is 9.47 Å². The zero-order chi connectivity index (χ0) is 32.2. The molecule has 1 heterocycles. The van der Waals surface area contributed by atoms with Crippen molar-refractivity contribution in [3.8, 4) is 11.5 Å². The fraction of sp³-hybridized carbons (Fsp3) is 0.167. The molecule has 3 aromatic carbocycles. The van der Waals surface area contributed by atoms with Crippen molar-refractivity contribution in [1.29, 1.82) is 0 Å². The van der Waals surface area contributed by atoms with Gasteiger partial charge in [-0.15, -0.1) is 0 Å². The maximum atomic E-state index is 13.9. The molecule has 0 unspecified atom stereocenters. The molecule has 0 aliphatic carbocycles. The number of benzene rings is 3. The maximum Gasteiger partial charge on any atom is 0.285 e. The molecule has 1 aliphatic rings. The van der Waals surface area contributed by atoms with Crippen molar-refractivity contribution in [3.63, 3.8) is 0 Å². The van der Waals surface area contributed by atoms with Gasteiger partial charge in [0.2, 0.25) is 5.91 Å². The van der Waals surface area contributed by atoms with Crippen molar-refractivity contribution in [2.24, 2.45) is 4.99 Å². The third kappa shape index (κ3) is 8.27. The molecule has 0 atom stereocenters. The van der Waals surface area contributed by atoms with Gasteiger partial charge >= 0.3 is 0 Å². The molecule has 4 rings (SSSR count). The van der Waals surface area contributed by atoms with Crippen LogP contribution >= 0.6 is 11.8 Å². The van der Waals surface area contributed by atoms with Crippen molar-refractivity contribution >= 4 is 40.7 Å². The summed E-state index contributed by atoms with van der Waals surface area (Å²) in [7, 11) is 1.52. The smallest absolute Gasteiger partial charge is 0.285 e. The van der Waals surface area contributed by atoms with E-state index < -0.39 is 11.8 Å². The van der Waals surface area contributed by atoms with Crippen molar-refractivity contribution in [1.82, 2.24) is 10.2 Å². The van der Waals surface area contributed by atoms with Crippen LogP contribution in [0.3, 0.4) is 0 Å². The molecule has 3 aromatic rings. The van der Waals surface area contributed by atoms with E-state index in [2.05, 4.69) is 16.9 Å². The van der Waals surface area contributed by atoms with E-state index in [0.29, 0.717) is 29.4 Å². The van der Waals surface area contributed by atoms with Crippen molar-refractivity contribution in [2.75, 3.05) is 19.5 Å². The Morgan fingerprint density at radius 2 is 1.69 bits per heavy atom. The Kier molecular flexibility index (Phi) is 11.7. The van der Waals surface area contributed by atoms with Gasteiger partial charge in [-0.05, 0) is 54.8 Å². The number of allylic oxidation sites excluding steroid dienone is 4. The van der Waals surface area contributed by atoms with Crippen LogP contribution in [-0.4, -0.2) is 47.3 Å². The normalized spacial score (nSPS) is 14.6. The molecule has 1 N–H and O–H groups in total. The van der Waals surface area contributed by atoms with E-state index >= 15 is 0 Å². The highest BCUT2D eigenvalue weighted by Gasteiger charge is 2.35. The summed E-state index contributed by atoms with van der Waals surface area (Å²) in [6, 6.07) is 24.1. The largest absolute Gasteiger partial charge is 0.493 e. The van der Waals surface area contributed by atoms with Gasteiger partial charge in [-0.2, -0.15) is 4.99 Å². The van der Waals surface area contributed by atoms with Gasteiger partial charge in [0.25, 0.3) is 11.8 Å². The van der Waals surface area contributed by atoms with Crippen molar-refractivity contribution in [2.45, 2.75) is 19.9 Å². The van der Waals surface area contributed by atoms with Crippen LogP contribution in [0.2, 0.25) is 0 Å². The number of hydrogen-bond acceptors (Lipinski definition) is 6. The molecule has 0 spiro atoms. The third-order valence-electron chi connectivity index (χ3n) is 6.71. The first kappa shape index (κ1) is 32.8. The van der Waals surface area contributed by atoms with Crippen LogP contribution in [-0.2, 0) is 14.4 Å². The Balaban J connectivity index is 1.62. The van der Waals surface area contributed by atoms with Crippen molar-refractivity contribution in [3.05, 3.63) is 138 Å². The Morgan fingerprint density at radius 3 is 2.27 bits per heavy atom. The molecule has 0 bridgehead atoms. The first-order valence-electron chi connectivity index (χ1n) is 14.4. The van der Waals surface area contributed by atoms with Gasteiger partial charge in [-0.25, -0.2) is 0 Å². The SMILES string of the molecule is C=C/C=C\C(=C/C)N1C(=O)/C(=C/c2ccc(OCC)c(OC)c2)C(=O)N=C1SCC(=O)NC(c1ccccc1)c1ccccc1. The number of rotatable bonds is 12. The minimum Gasteiger partial charge on any atom is -0.493 e. The van der Waals surface area contributed by atoms with Crippen molar-refractivity contribution < 1.29 is 23.9 Å². The second-order valence-electron chi connectivity index (χ2n) is 9.66. The van der Waals surface area contributed by atoms with Crippen LogP contribution in [0.15, 0.2) is 126 Å². The lowest BCUT2D eigenvalue weighted by Crippen LogP contribution is -2.42. The van der Waals surface area contributed by atoms with Gasteiger partial charge in [-0.3, -0.25) is 19.3 Å². The Hall–Kier alpha value is -5.15. The zero-order valence-electron chi connectivity index (χ0n) is 25.4. The molecule has 0 fully saturated rings. The first-order valence-corrected chi connectivity index (χ1v) is 15.4. The van der Waals surface area contributed by atoms with Gasteiger partial charge in [0, 0.05) is 5.70 Å². The fourth-order valence-electron chi connectivity index (χ4n) is 4.61. The lowest BCUT2D eigenvalue weighted by molar-refractivity contribution is -0.126. The van der Waals surface area contributed by atoms with Crippen LogP contribution in [0.4, 0.5) is 0 Å². The number of ether oxygens (including phenoxy) is 2. The highest BCUT2D eigenvalue weighted by molar-refractivity contribution is 8.14. The molecule has 8 nitrogen and oxygen atoms in total.